The van der Waals surface area contributed by atoms with Crippen LogP contribution in [0.5, 0.6) is 0 Å². The number of aryl methyl sites for hydroxylation is 2. The van der Waals surface area contributed by atoms with E-state index in [1.165, 1.54) is 16.5 Å². The SMILES string of the molecule is CCc1c(C)ccc2[nH]ncc12.[HH]. The molecule has 12 heavy (non-hydrogen) atoms. The molecule has 0 aliphatic rings. The Morgan fingerprint density at radius 3 is 3.08 bits per heavy atom. The Hall–Kier alpha value is -1.31. The first-order chi connectivity index (χ1) is 5.83. The molecule has 64 valence electrons. The fourth-order valence-corrected chi connectivity index (χ4v) is 1.65. The van der Waals surface area contributed by atoms with Crippen LogP contribution >= 0.6 is 0 Å². The first-order valence-corrected chi connectivity index (χ1v) is 4.24. The fourth-order valence-electron chi connectivity index (χ4n) is 1.65. The maximum absolute atomic E-state index is 4.03. The maximum atomic E-state index is 4.03. The lowest BCUT2D eigenvalue weighted by atomic mass is 10.0. The number of nitrogens with zero attached hydrogens (tertiary/aromatic N) is 1. The van der Waals surface area contributed by atoms with E-state index in [1.54, 1.807) is 0 Å². The van der Waals surface area contributed by atoms with Crippen molar-refractivity contribution >= 4 is 10.9 Å². The van der Waals surface area contributed by atoms with Gasteiger partial charge in [0.25, 0.3) is 0 Å². The Kier molecular flexibility index (Phi) is 1.61. The van der Waals surface area contributed by atoms with Crippen molar-refractivity contribution in [1.82, 2.24) is 10.2 Å². The summed E-state index contributed by atoms with van der Waals surface area (Å²) in [5.74, 6) is 0. The molecule has 0 bridgehead atoms. The van der Waals surface area contributed by atoms with Crippen LogP contribution in [0.4, 0.5) is 0 Å². The molecule has 0 radical (unpaired) electrons. The molecular formula is C10H14N2. The monoisotopic (exact) mass is 162 g/mol. The van der Waals surface area contributed by atoms with Gasteiger partial charge in [0, 0.05) is 6.81 Å². The van der Waals surface area contributed by atoms with Crippen LogP contribution < -0.4 is 0 Å². The summed E-state index contributed by atoms with van der Waals surface area (Å²) in [4.78, 5) is 0. The highest BCUT2D eigenvalue weighted by molar-refractivity contribution is 5.82. The van der Waals surface area contributed by atoms with Crippen LogP contribution in [0, 0.1) is 6.92 Å². The predicted molar refractivity (Wildman–Crippen MR) is 52.3 cm³/mol. The van der Waals surface area contributed by atoms with Gasteiger partial charge in [-0.3, -0.25) is 5.10 Å². The molecule has 0 unspecified atom stereocenters. The molecule has 0 saturated heterocycles. The summed E-state index contributed by atoms with van der Waals surface area (Å²) < 4.78 is 0. The van der Waals surface area contributed by atoms with Crippen molar-refractivity contribution in [2.24, 2.45) is 0 Å². The molecule has 1 aromatic carbocycles. The lowest BCUT2D eigenvalue weighted by molar-refractivity contribution is 1.12. The second-order valence-electron chi connectivity index (χ2n) is 3.05. The molecular weight excluding hydrogens is 148 g/mol. The summed E-state index contributed by atoms with van der Waals surface area (Å²) in [6.45, 7) is 4.32. The zero-order valence-electron chi connectivity index (χ0n) is 7.39. The number of nitrogens with one attached hydrogen (secondary N) is 1. The van der Waals surface area contributed by atoms with E-state index in [9.17, 15) is 0 Å². The highest BCUT2D eigenvalue weighted by Gasteiger charge is 2.02. The van der Waals surface area contributed by atoms with Crippen LogP contribution in [0.15, 0.2) is 18.3 Å². The van der Waals surface area contributed by atoms with Crippen molar-refractivity contribution in [1.29, 1.82) is 0 Å². The van der Waals surface area contributed by atoms with E-state index >= 15 is 0 Å². The Labute approximate surface area is 73.1 Å². The second-order valence-corrected chi connectivity index (χ2v) is 3.05. The summed E-state index contributed by atoms with van der Waals surface area (Å²) in [5.41, 5.74) is 3.89. The second kappa shape index (κ2) is 2.63. The molecule has 0 aliphatic carbocycles. The number of benzene rings is 1. The van der Waals surface area contributed by atoms with Gasteiger partial charge < -0.3 is 0 Å². The van der Waals surface area contributed by atoms with E-state index in [2.05, 4.69) is 36.2 Å². The van der Waals surface area contributed by atoms with Crippen molar-refractivity contribution in [3.8, 4) is 0 Å². The summed E-state index contributed by atoms with van der Waals surface area (Å²) >= 11 is 0. The van der Waals surface area contributed by atoms with Gasteiger partial charge in [0.05, 0.1) is 11.7 Å². The number of hydrogen-bond acceptors (Lipinski definition) is 1. The van der Waals surface area contributed by atoms with Gasteiger partial charge >= 0.3 is 0 Å². The van der Waals surface area contributed by atoms with E-state index < -0.39 is 0 Å². The van der Waals surface area contributed by atoms with Crippen molar-refractivity contribution in [3.63, 3.8) is 0 Å². The minimum Gasteiger partial charge on any atom is -0.278 e. The van der Waals surface area contributed by atoms with E-state index in [4.69, 9.17) is 0 Å². The fraction of sp³-hybridized carbons (Fsp3) is 0.300. The molecule has 0 saturated carbocycles. The van der Waals surface area contributed by atoms with Gasteiger partial charge in [-0.05, 0) is 30.5 Å². The largest absolute Gasteiger partial charge is 0.278 e. The Morgan fingerprint density at radius 2 is 2.33 bits per heavy atom. The molecule has 0 amide bonds. The molecule has 1 heterocycles. The Balaban J connectivity index is 0.000000845. The van der Waals surface area contributed by atoms with Gasteiger partial charge in [0.15, 0.2) is 0 Å². The van der Waals surface area contributed by atoms with E-state index in [1.807, 2.05) is 6.20 Å². The molecule has 0 aliphatic heterocycles. The molecule has 2 heteroatoms. The van der Waals surface area contributed by atoms with Gasteiger partial charge in [-0.25, -0.2) is 0 Å². The average molecular weight is 162 g/mol. The van der Waals surface area contributed by atoms with Crippen molar-refractivity contribution in [2.45, 2.75) is 20.3 Å². The van der Waals surface area contributed by atoms with Crippen LogP contribution in [0.25, 0.3) is 10.9 Å². The number of rotatable bonds is 1. The van der Waals surface area contributed by atoms with Crippen LogP contribution in [0.1, 0.15) is 19.5 Å². The highest BCUT2D eigenvalue weighted by atomic mass is 15.1. The van der Waals surface area contributed by atoms with Crippen LogP contribution in [-0.4, -0.2) is 10.2 Å². The zero-order valence-corrected chi connectivity index (χ0v) is 7.39. The molecule has 0 spiro atoms. The number of aromatic amines is 1. The van der Waals surface area contributed by atoms with Crippen LogP contribution in [-0.2, 0) is 6.42 Å². The van der Waals surface area contributed by atoms with Gasteiger partial charge in [0.1, 0.15) is 0 Å². The third-order valence-corrected chi connectivity index (χ3v) is 2.32. The van der Waals surface area contributed by atoms with Gasteiger partial charge in [-0.1, -0.05) is 13.0 Å². The third-order valence-electron chi connectivity index (χ3n) is 2.32. The Morgan fingerprint density at radius 1 is 1.50 bits per heavy atom. The predicted octanol–water partition coefficient (Wildman–Crippen LogP) is 2.68. The first-order valence-electron chi connectivity index (χ1n) is 4.24. The van der Waals surface area contributed by atoms with E-state index in [0.29, 0.717) is 0 Å². The summed E-state index contributed by atoms with van der Waals surface area (Å²) in [6.07, 6.45) is 2.98. The molecule has 0 atom stereocenters. The van der Waals surface area contributed by atoms with Gasteiger partial charge in [-0.2, -0.15) is 5.10 Å². The summed E-state index contributed by atoms with van der Waals surface area (Å²) in [5, 5.41) is 8.26. The smallest absolute Gasteiger partial charge is 0.0653 e. The van der Waals surface area contributed by atoms with Crippen molar-refractivity contribution < 1.29 is 1.43 Å². The number of aromatic nitrogens is 2. The zero-order chi connectivity index (χ0) is 8.55. The summed E-state index contributed by atoms with van der Waals surface area (Å²) in [6, 6.07) is 4.22. The normalized spacial score (nSPS) is 10.8. The molecule has 2 aromatic rings. The number of hydrogen-bond donors (Lipinski definition) is 1. The molecule has 2 rings (SSSR count). The van der Waals surface area contributed by atoms with Crippen molar-refractivity contribution in [3.05, 3.63) is 29.5 Å². The maximum Gasteiger partial charge on any atom is 0.0653 e. The van der Waals surface area contributed by atoms with Gasteiger partial charge in [0.2, 0.25) is 0 Å². The lowest BCUT2D eigenvalue weighted by Crippen LogP contribution is -1.86. The number of fused-ring (bicyclic) bond motifs is 1. The van der Waals surface area contributed by atoms with Crippen molar-refractivity contribution in [2.75, 3.05) is 0 Å². The van der Waals surface area contributed by atoms with E-state index in [-0.39, 0.29) is 1.43 Å². The summed E-state index contributed by atoms with van der Waals surface area (Å²) in [7, 11) is 0. The minimum atomic E-state index is 0. The average Bonchev–Trinajstić information content (AvgIpc) is 2.52. The van der Waals surface area contributed by atoms with Crippen LogP contribution in [0.3, 0.4) is 0 Å². The molecule has 2 nitrogen and oxygen atoms in total. The van der Waals surface area contributed by atoms with Gasteiger partial charge in [-0.15, -0.1) is 0 Å². The quantitative estimate of drug-likeness (QED) is 0.686. The van der Waals surface area contributed by atoms with Crippen LogP contribution in [0.2, 0.25) is 0 Å². The minimum absolute atomic E-state index is 0. The Bertz CT molecular complexity index is 406. The standard InChI is InChI=1S/C10H12N2.H2/c1-3-8-7(2)4-5-10-9(8)6-11-12-10;/h4-6H,3H2,1-2H3,(H,11,12);1H. The molecule has 0 fully saturated rings. The topological polar surface area (TPSA) is 28.7 Å². The first kappa shape index (κ1) is 7.35. The molecule has 1 aromatic heterocycles. The number of H-pyrrole nitrogens is 1. The van der Waals surface area contributed by atoms with E-state index in [0.717, 1.165) is 11.9 Å². The third kappa shape index (κ3) is 0.916. The lowest BCUT2D eigenvalue weighted by Gasteiger charge is -2.02. The highest BCUT2D eigenvalue weighted by Crippen LogP contribution is 2.20. The molecule has 1 N–H and O–H groups in total.